The van der Waals surface area contributed by atoms with Crippen LogP contribution in [-0.4, -0.2) is 26.3 Å². The molecule has 2 aromatic heterocycles. The Morgan fingerprint density at radius 3 is 2.60 bits per heavy atom. The minimum Gasteiger partial charge on any atom is -0.477 e. The Labute approximate surface area is 152 Å². The Morgan fingerprint density at radius 2 is 1.96 bits per heavy atom. The third kappa shape index (κ3) is 4.77. The predicted molar refractivity (Wildman–Crippen MR) is 96.6 cm³/mol. The summed E-state index contributed by atoms with van der Waals surface area (Å²) in [5.41, 5.74) is 1.19. The molecule has 0 amide bonds. The quantitative estimate of drug-likeness (QED) is 0.489. The van der Waals surface area contributed by atoms with Crippen molar-refractivity contribution >= 4 is 35.6 Å². The maximum Gasteiger partial charge on any atom is 0.342 e. The van der Waals surface area contributed by atoms with Gasteiger partial charge in [0, 0.05) is 11.0 Å². The summed E-state index contributed by atoms with van der Waals surface area (Å²) >= 11 is 2.45. The van der Waals surface area contributed by atoms with Crippen LogP contribution in [0, 0.1) is 13.8 Å². The number of H-pyrrole nitrogens is 1. The van der Waals surface area contributed by atoms with E-state index in [1.54, 1.807) is 13.0 Å². The molecule has 25 heavy (non-hydrogen) atoms. The maximum atomic E-state index is 11.4. The molecular weight excluding hydrogens is 358 g/mol. The van der Waals surface area contributed by atoms with Crippen LogP contribution in [-0.2, 0) is 4.79 Å². The van der Waals surface area contributed by atoms with Gasteiger partial charge in [0.05, 0.1) is 0 Å². The molecule has 0 aliphatic heterocycles. The predicted octanol–water partition coefficient (Wildman–Crippen LogP) is 4.38. The SMILES string of the molecule is Cc1ccc(Sc2ccc(/C=C(\Sc3n[nH]c(C)n3)C(=O)O)o2)cc1. The van der Waals surface area contributed by atoms with Gasteiger partial charge >= 0.3 is 5.97 Å². The van der Waals surface area contributed by atoms with E-state index >= 15 is 0 Å². The van der Waals surface area contributed by atoms with Gasteiger partial charge in [-0.25, -0.2) is 9.78 Å². The number of aliphatic carboxylic acids is 1. The van der Waals surface area contributed by atoms with Crippen molar-refractivity contribution in [2.24, 2.45) is 0 Å². The minimum atomic E-state index is -1.06. The summed E-state index contributed by atoms with van der Waals surface area (Å²) in [7, 11) is 0. The van der Waals surface area contributed by atoms with E-state index in [0.29, 0.717) is 21.8 Å². The molecule has 0 saturated carbocycles. The van der Waals surface area contributed by atoms with Crippen LogP contribution >= 0.6 is 23.5 Å². The molecule has 0 spiro atoms. The van der Waals surface area contributed by atoms with E-state index in [4.69, 9.17) is 4.42 Å². The van der Waals surface area contributed by atoms with Crippen LogP contribution in [0.4, 0.5) is 0 Å². The Balaban J connectivity index is 1.75. The standard InChI is InChI=1S/C17H15N3O3S2/c1-10-3-6-13(7-4-10)24-15-8-5-12(23-15)9-14(16(21)22)25-17-18-11(2)19-20-17/h3-9H,1-2H3,(H,21,22)(H,18,19,20)/b14-9-. The summed E-state index contributed by atoms with van der Waals surface area (Å²) in [5.74, 6) is 0.0328. The lowest BCUT2D eigenvalue weighted by Crippen LogP contribution is -1.97. The second-order valence-electron chi connectivity index (χ2n) is 5.19. The Morgan fingerprint density at radius 1 is 1.20 bits per heavy atom. The molecule has 2 heterocycles. The van der Waals surface area contributed by atoms with Crippen molar-refractivity contribution in [2.45, 2.75) is 29.0 Å². The topological polar surface area (TPSA) is 92.0 Å². The third-order valence-electron chi connectivity index (χ3n) is 3.10. The van der Waals surface area contributed by atoms with E-state index in [-0.39, 0.29) is 4.91 Å². The van der Waals surface area contributed by atoms with Crippen molar-refractivity contribution in [3.8, 4) is 0 Å². The molecule has 0 bridgehead atoms. The number of nitrogens with one attached hydrogen (secondary N) is 1. The van der Waals surface area contributed by atoms with Gasteiger partial charge in [0.25, 0.3) is 0 Å². The normalized spacial score (nSPS) is 11.7. The molecular formula is C17H15N3O3S2. The highest BCUT2D eigenvalue weighted by Crippen LogP contribution is 2.31. The van der Waals surface area contributed by atoms with Crippen molar-refractivity contribution < 1.29 is 14.3 Å². The summed E-state index contributed by atoms with van der Waals surface area (Å²) in [6.07, 6.45) is 1.47. The van der Waals surface area contributed by atoms with Crippen LogP contribution in [0.1, 0.15) is 17.1 Å². The van der Waals surface area contributed by atoms with E-state index in [9.17, 15) is 9.90 Å². The highest BCUT2D eigenvalue weighted by Gasteiger charge is 2.14. The van der Waals surface area contributed by atoms with Crippen molar-refractivity contribution in [3.05, 3.63) is 58.5 Å². The second kappa shape index (κ2) is 7.62. The Kier molecular flexibility index (Phi) is 5.30. The number of furan rings is 1. The van der Waals surface area contributed by atoms with Crippen LogP contribution in [0.25, 0.3) is 6.08 Å². The number of hydrogen-bond donors (Lipinski definition) is 2. The van der Waals surface area contributed by atoms with Gasteiger partial charge in [-0.2, -0.15) is 0 Å². The van der Waals surface area contributed by atoms with E-state index in [2.05, 4.69) is 15.2 Å². The lowest BCUT2D eigenvalue weighted by molar-refractivity contribution is -0.131. The van der Waals surface area contributed by atoms with Crippen molar-refractivity contribution in [1.82, 2.24) is 15.2 Å². The van der Waals surface area contributed by atoms with E-state index in [1.165, 1.54) is 23.4 Å². The molecule has 3 rings (SSSR count). The Hall–Kier alpha value is -2.45. The second-order valence-corrected chi connectivity index (χ2v) is 7.28. The fraction of sp³-hybridized carbons (Fsp3) is 0.118. The smallest absolute Gasteiger partial charge is 0.342 e. The van der Waals surface area contributed by atoms with E-state index in [0.717, 1.165) is 16.7 Å². The monoisotopic (exact) mass is 373 g/mol. The number of carbonyl (C=O) groups is 1. The molecule has 128 valence electrons. The van der Waals surface area contributed by atoms with Gasteiger partial charge in [-0.05, 0) is 49.9 Å². The first-order valence-electron chi connectivity index (χ1n) is 7.36. The molecule has 0 unspecified atom stereocenters. The number of aromatic amines is 1. The number of aromatic nitrogens is 3. The highest BCUT2D eigenvalue weighted by atomic mass is 32.2. The zero-order valence-corrected chi connectivity index (χ0v) is 15.1. The van der Waals surface area contributed by atoms with Gasteiger partial charge in [0.15, 0.2) is 5.09 Å². The van der Waals surface area contributed by atoms with Crippen LogP contribution in [0.2, 0.25) is 0 Å². The van der Waals surface area contributed by atoms with Crippen LogP contribution < -0.4 is 0 Å². The summed E-state index contributed by atoms with van der Waals surface area (Å²) in [6.45, 7) is 3.79. The molecule has 0 aliphatic carbocycles. The van der Waals surface area contributed by atoms with Gasteiger partial charge in [0.1, 0.15) is 16.5 Å². The third-order valence-corrected chi connectivity index (χ3v) is 4.91. The first-order chi connectivity index (χ1) is 12.0. The first-order valence-corrected chi connectivity index (χ1v) is 8.99. The van der Waals surface area contributed by atoms with Gasteiger partial charge in [-0.3, -0.25) is 5.10 Å². The number of rotatable bonds is 6. The molecule has 6 nitrogen and oxygen atoms in total. The van der Waals surface area contributed by atoms with Gasteiger partial charge in [-0.15, -0.1) is 5.10 Å². The summed E-state index contributed by atoms with van der Waals surface area (Å²) in [6, 6.07) is 11.7. The maximum absolute atomic E-state index is 11.4. The van der Waals surface area contributed by atoms with E-state index < -0.39 is 5.97 Å². The average Bonchev–Trinajstić information content (AvgIpc) is 3.18. The lowest BCUT2D eigenvalue weighted by atomic mass is 10.2. The number of thioether (sulfide) groups is 1. The fourth-order valence-electron chi connectivity index (χ4n) is 1.92. The molecule has 0 atom stereocenters. The Bertz CT molecular complexity index is 913. The summed E-state index contributed by atoms with van der Waals surface area (Å²) in [5, 5.41) is 17.0. The lowest BCUT2D eigenvalue weighted by Gasteiger charge is -1.99. The highest BCUT2D eigenvalue weighted by molar-refractivity contribution is 8.04. The van der Waals surface area contributed by atoms with Gasteiger partial charge in [0.2, 0.25) is 5.16 Å². The number of nitrogens with zero attached hydrogens (tertiary/aromatic N) is 2. The first kappa shape index (κ1) is 17.4. The number of hydrogen-bond acceptors (Lipinski definition) is 6. The van der Waals surface area contributed by atoms with Crippen LogP contribution in [0.15, 0.2) is 60.9 Å². The van der Waals surface area contributed by atoms with Crippen molar-refractivity contribution in [1.29, 1.82) is 0 Å². The zero-order valence-electron chi connectivity index (χ0n) is 13.5. The molecule has 0 fully saturated rings. The summed E-state index contributed by atoms with van der Waals surface area (Å²) in [4.78, 5) is 16.7. The summed E-state index contributed by atoms with van der Waals surface area (Å²) < 4.78 is 5.70. The van der Waals surface area contributed by atoms with E-state index in [1.807, 2.05) is 37.3 Å². The number of benzene rings is 1. The van der Waals surface area contributed by atoms with Gasteiger partial charge in [-0.1, -0.05) is 29.5 Å². The van der Waals surface area contributed by atoms with Gasteiger partial charge < -0.3 is 9.52 Å². The van der Waals surface area contributed by atoms with Crippen LogP contribution in [0.5, 0.6) is 0 Å². The molecule has 2 N–H and O–H groups in total. The molecule has 0 saturated heterocycles. The molecule has 8 heteroatoms. The van der Waals surface area contributed by atoms with Crippen molar-refractivity contribution in [3.63, 3.8) is 0 Å². The molecule has 0 aliphatic rings. The van der Waals surface area contributed by atoms with Crippen molar-refractivity contribution in [2.75, 3.05) is 0 Å². The zero-order chi connectivity index (χ0) is 17.8. The minimum absolute atomic E-state index is 0.0836. The molecule has 3 aromatic rings. The fourth-order valence-corrected chi connectivity index (χ4v) is 3.43. The van der Waals surface area contributed by atoms with Crippen LogP contribution in [0.3, 0.4) is 0 Å². The number of aryl methyl sites for hydroxylation is 2. The largest absolute Gasteiger partial charge is 0.477 e. The molecule has 0 radical (unpaired) electrons. The molecule has 1 aromatic carbocycles. The number of carboxylic acid groups (broad SMARTS) is 1. The number of carboxylic acids is 1. The average molecular weight is 373 g/mol.